The summed E-state index contributed by atoms with van der Waals surface area (Å²) in [6.45, 7) is 3.54. The quantitative estimate of drug-likeness (QED) is 0.884. The molecule has 2 N–H and O–H groups in total. The topological polar surface area (TPSA) is 78.5 Å². The lowest BCUT2D eigenvalue weighted by Gasteiger charge is -2.24. The molecule has 1 heterocycles. The number of carbonyl (C=O) groups is 1. The highest BCUT2D eigenvalue weighted by molar-refractivity contribution is 5.93. The summed E-state index contributed by atoms with van der Waals surface area (Å²) < 4.78 is 5.30. The Kier molecular flexibility index (Phi) is 4.51. The SMILES string of the molecule is COc1ccccc1-c1cc(C(=O)N(C)CC(C)(C)O)[nH]n1. The van der Waals surface area contributed by atoms with E-state index in [1.165, 1.54) is 4.90 Å². The van der Waals surface area contributed by atoms with Crippen molar-refractivity contribution in [2.45, 2.75) is 19.4 Å². The van der Waals surface area contributed by atoms with Gasteiger partial charge in [-0.1, -0.05) is 12.1 Å². The maximum Gasteiger partial charge on any atom is 0.271 e. The predicted octanol–water partition coefficient (Wildman–Crippen LogP) is 1.93. The number of benzene rings is 1. The Morgan fingerprint density at radius 2 is 2.09 bits per heavy atom. The van der Waals surface area contributed by atoms with Crippen molar-refractivity contribution in [3.8, 4) is 17.0 Å². The Morgan fingerprint density at radius 3 is 2.73 bits per heavy atom. The molecule has 0 saturated carbocycles. The van der Waals surface area contributed by atoms with Crippen molar-refractivity contribution < 1.29 is 14.6 Å². The highest BCUT2D eigenvalue weighted by Crippen LogP contribution is 2.28. The van der Waals surface area contributed by atoms with E-state index in [0.29, 0.717) is 17.1 Å². The molecule has 118 valence electrons. The van der Waals surface area contributed by atoms with Gasteiger partial charge in [-0.25, -0.2) is 0 Å². The number of ether oxygens (including phenoxy) is 1. The Bertz CT molecular complexity index is 659. The van der Waals surface area contributed by atoms with E-state index < -0.39 is 5.60 Å². The molecule has 2 aromatic rings. The second kappa shape index (κ2) is 6.19. The molecule has 6 heteroatoms. The van der Waals surface area contributed by atoms with Gasteiger partial charge in [0, 0.05) is 19.2 Å². The van der Waals surface area contributed by atoms with Crippen molar-refractivity contribution in [3.63, 3.8) is 0 Å². The average Bonchev–Trinajstić information content (AvgIpc) is 2.94. The largest absolute Gasteiger partial charge is 0.496 e. The van der Waals surface area contributed by atoms with E-state index in [1.54, 1.807) is 34.1 Å². The highest BCUT2D eigenvalue weighted by atomic mass is 16.5. The van der Waals surface area contributed by atoms with Crippen LogP contribution in [0.5, 0.6) is 5.75 Å². The van der Waals surface area contributed by atoms with Crippen LogP contribution in [-0.4, -0.2) is 52.4 Å². The zero-order chi connectivity index (χ0) is 16.3. The number of hydrogen-bond acceptors (Lipinski definition) is 4. The summed E-state index contributed by atoms with van der Waals surface area (Å²) >= 11 is 0. The van der Waals surface area contributed by atoms with Crippen molar-refractivity contribution >= 4 is 5.91 Å². The first-order chi connectivity index (χ1) is 10.3. The number of carbonyl (C=O) groups excluding carboxylic acids is 1. The molecule has 0 radical (unpaired) electrons. The third-order valence-electron chi connectivity index (χ3n) is 3.16. The number of rotatable bonds is 5. The van der Waals surface area contributed by atoms with Gasteiger partial charge in [-0.2, -0.15) is 5.10 Å². The molecule has 1 amide bonds. The van der Waals surface area contributed by atoms with E-state index in [4.69, 9.17) is 4.74 Å². The second-order valence-electron chi connectivity index (χ2n) is 5.84. The summed E-state index contributed by atoms with van der Waals surface area (Å²) in [4.78, 5) is 13.8. The minimum atomic E-state index is -0.949. The maximum absolute atomic E-state index is 12.3. The van der Waals surface area contributed by atoms with Crippen LogP contribution < -0.4 is 4.74 Å². The number of aromatic nitrogens is 2. The van der Waals surface area contributed by atoms with Crippen LogP contribution in [-0.2, 0) is 0 Å². The van der Waals surface area contributed by atoms with Crippen molar-refractivity contribution in [3.05, 3.63) is 36.0 Å². The number of nitrogens with one attached hydrogen (secondary N) is 1. The van der Waals surface area contributed by atoms with Crippen molar-refractivity contribution in [2.75, 3.05) is 20.7 Å². The number of para-hydroxylation sites is 1. The predicted molar refractivity (Wildman–Crippen MR) is 83.8 cm³/mol. The summed E-state index contributed by atoms with van der Waals surface area (Å²) in [6, 6.07) is 9.16. The van der Waals surface area contributed by atoms with Crippen LogP contribution in [0.4, 0.5) is 0 Å². The van der Waals surface area contributed by atoms with Crippen LogP contribution in [0.25, 0.3) is 11.3 Å². The van der Waals surface area contributed by atoms with Crippen LogP contribution in [0.3, 0.4) is 0 Å². The number of likely N-dealkylation sites (N-methyl/N-ethyl adjacent to an activating group) is 1. The molecule has 0 aliphatic rings. The molecule has 1 aromatic heterocycles. The molecule has 0 aliphatic carbocycles. The normalized spacial score (nSPS) is 11.3. The first kappa shape index (κ1) is 16.0. The lowest BCUT2D eigenvalue weighted by Crippen LogP contribution is -2.39. The smallest absolute Gasteiger partial charge is 0.271 e. The Morgan fingerprint density at radius 1 is 1.41 bits per heavy atom. The summed E-state index contributed by atoms with van der Waals surface area (Å²) in [7, 11) is 3.23. The van der Waals surface area contributed by atoms with Crippen molar-refractivity contribution in [1.29, 1.82) is 0 Å². The van der Waals surface area contributed by atoms with Crippen LogP contribution in [0.15, 0.2) is 30.3 Å². The van der Waals surface area contributed by atoms with Gasteiger partial charge in [0.15, 0.2) is 0 Å². The minimum Gasteiger partial charge on any atom is -0.496 e. The molecule has 0 saturated heterocycles. The number of aliphatic hydroxyl groups is 1. The maximum atomic E-state index is 12.3. The highest BCUT2D eigenvalue weighted by Gasteiger charge is 2.22. The van der Waals surface area contributed by atoms with Gasteiger partial charge >= 0.3 is 0 Å². The van der Waals surface area contributed by atoms with E-state index in [1.807, 2.05) is 24.3 Å². The second-order valence-corrected chi connectivity index (χ2v) is 5.84. The van der Waals surface area contributed by atoms with E-state index in [-0.39, 0.29) is 12.5 Å². The third kappa shape index (κ3) is 3.65. The number of methoxy groups -OCH3 is 1. The van der Waals surface area contributed by atoms with Gasteiger partial charge in [0.2, 0.25) is 0 Å². The van der Waals surface area contributed by atoms with Crippen molar-refractivity contribution in [1.82, 2.24) is 15.1 Å². The summed E-state index contributed by atoms with van der Waals surface area (Å²) in [5.41, 5.74) is 0.867. The molecular weight excluding hydrogens is 282 g/mol. The van der Waals surface area contributed by atoms with Gasteiger partial charge in [-0.05, 0) is 32.0 Å². The van der Waals surface area contributed by atoms with Gasteiger partial charge in [-0.15, -0.1) is 0 Å². The fourth-order valence-corrected chi connectivity index (χ4v) is 2.28. The zero-order valence-electron chi connectivity index (χ0n) is 13.3. The van der Waals surface area contributed by atoms with Crippen LogP contribution in [0, 0.1) is 0 Å². The van der Waals surface area contributed by atoms with Crippen LogP contribution in [0.2, 0.25) is 0 Å². The molecular formula is C16H21N3O3. The molecule has 2 rings (SSSR count). The molecule has 6 nitrogen and oxygen atoms in total. The third-order valence-corrected chi connectivity index (χ3v) is 3.16. The van der Waals surface area contributed by atoms with Crippen LogP contribution in [0.1, 0.15) is 24.3 Å². The first-order valence-corrected chi connectivity index (χ1v) is 6.98. The minimum absolute atomic E-state index is 0.226. The number of aromatic amines is 1. The number of H-pyrrole nitrogens is 1. The van der Waals surface area contributed by atoms with E-state index in [2.05, 4.69) is 10.2 Å². The standard InChI is InChI=1S/C16H21N3O3/c1-16(2,21)10-19(3)15(20)13-9-12(17-18-13)11-7-5-6-8-14(11)22-4/h5-9,21H,10H2,1-4H3,(H,17,18). The van der Waals surface area contributed by atoms with E-state index in [0.717, 1.165) is 5.56 Å². The number of nitrogens with zero attached hydrogens (tertiary/aromatic N) is 2. The first-order valence-electron chi connectivity index (χ1n) is 6.98. The summed E-state index contributed by atoms with van der Waals surface area (Å²) in [5, 5.41) is 16.7. The molecule has 0 bridgehead atoms. The Balaban J connectivity index is 2.23. The summed E-state index contributed by atoms with van der Waals surface area (Å²) in [6.07, 6.45) is 0. The molecule has 0 unspecified atom stereocenters. The van der Waals surface area contributed by atoms with Crippen LogP contribution >= 0.6 is 0 Å². The van der Waals surface area contributed by atoms with Gasteiger partial charge in [0.05, 0.1) is 18.4 Å². The number of hydrogen-bond donors (Lipinski definition) is 2. The van der Waals surface area contributed by atoms with Crippen molar-refractivity contribution in [2.24, 2.45) is 0 Å². The van der Waals surface area contributed by atoms with Gasteiger partial charge in [0.1, 0.15) is 11.4 Å². The van der Waals surface area contributed by atoms with Gasteiger partial charge in [0.25, 0.3) is 5.91 Å². The zero-order valence-corrected chi connectivity index (χ0v) is 13.3. The lowest BCUT2D eigenvalue weighted by molar-refractivity contribution is 0.0365. The lowest BCUT2D eigenvalue weighted by atomic mass is 10.1. The molecule has 0 aliphatic heterocycles. The van der Waals surface area contributed by atoms with E-state index >= 15 is 0 Å². The van der Waals surface area contributed by atoms with E-state index in [9.17, 15) is 9.90 Å². The Labute approximate surface area is 129 Å². The Hall–Kier alpha value is -2.34. The van der Waals surface area contributed by atoms with Gasteiger partial charge < -0.3 is 14.7 Å². The fourth-order valence-electron chi connectivity index (χ4n) is 2.28. The molecule has 22 heavy (non-hydrogen) atoms. The average molecular weight is 303 g/mol. The molecule has 0 fully saturated rings. The fraction of sp³-hybridized carbons (Fsp3) is 0.375. The monoisotopic (exact) mass is 303 g/mol. The molecule has 0 atom stereocenters. The molecule has 0 spiro atoms. The summed E-state index contributed by atoms with van der Waals surface area (Å²) in [5.74, 6) is 0.466. The van der Waals surface area contributed by atoms with Gasteiger partial charge in [-0.3, -0.25) is 9.89 Å². The number of amides is 1. The molecule has 1 aromatic carbocycles.